The van der Waals surface area contributed by atoms with Gasteiger partial charge in [0.25, 0.3) is 0 Å². The molecule has 0 aromatic carbocycles. The number of hydrogen-bond donors (Lipinski definition) is 3. The average molecular weight is 478 g/mol. The van der Waals surface area contributed by atoms with E-state index >= 15 is 0 Å². The molecule has 0 aliphatic heterocycles. The van der Waals surface area contributed by atoms with Crippen LogP contribution in [0.3, 0.4) is 0 Å². The van der Waals surface area contributed by atoms with E-state index in [-0.39, 0.29) is 29.9 Å². The van der Waals surface area contributed by atoms with E-state index in [2.05, 4.69) is 39.0 Å². The van der Waals surface area contributed by atoms with Crippen molar-refractivity contribution in [3.8, 4) is 0 Å². The minimum Gasteiger partial charge on any atom is -0.357 e. The molecule has 1 aromatic rings. The van der Waals surface area contributed by atoms with Gasteiger partial charge in [0, 0.05) is 31.9 Å². The van der Waals surface area contributed by atoms with Crippen molar-refractivity contribution in [2.45, 2.75) is 54.5 Å². The van der Waals surface area contributed by atoms with Crippen LogP contribution in [0.5, 0.6) is 0 Å². The van der Waals surface area contributed by atoms with Crippen molar-refractivity contribution in [3.05, 3.63) is 17.5 Å². The van der Waals surface area contributed by atoms with Gasteiger partial charge in [-0.15, -0.1) is 24.0 Å². The molecule has 8 heteroatoms. The zero-order chi connectivity index (χ0) is 18.9. The molecule has 0 saturated heterocycles. The molecule has 1 heterocycles. The number of amides is 1. The molecule has 0 aliphatic rings. The van der Waals surface area contributed by atoms with E-state index in [1.54, 1.807) is 0 Å². The number of rotatable bonds is 9. The van der Waals surface area contributed by atoms with Crippen LogP contribution in [0.25, 0.3) is 0 Å². The summed E-state index contributed by atoms with van der Waals surface area (Å²) in [7, 11) is 0. The third-order valence-corrected chi connectivity index (χ3v) is 3.87. The van der Waals surface area contributed by atoms with Gasteiger partial charge in [0.1, 0.15) is 0 Å². The zero-order valence-corrected chi connectivity index (χ0v) is 19.3. The van der Waals surface area contributed by atoms with E-state index in [0.29, 0.717) is 13.1 Å². The summed E-state index contributed by atoms with van der Waals surface area (Å²) in [4.78, 5) is 16.6. The third-order valence-electron chi connectivity index (χ3n) is 3.87. The smallest absolute Gasteiger partial charge is 0.227 e. The van der Waals surface area contributed by atoms with Crippen molar-refractivity contribution < 1.29 is 4.79 Å². The van der Waals surface area contributed by atoms with E-state index in [1.807, 2.05) is 39.3 Å². The fourth-order valence-electron chi connectivity index (χ4n) is 2.43. The minimum absolute atomic E-state index is 0. The number of aliphatic imine (C=N–C) groups is 1. The van der Waals surface area contributed by atoms with Gasteiger partial charge in [-0.2, -0.15) is 5.10 Å². The van der Waals surface area contributed by atoms with Gasteiger partial charge < -0.3 is 16.0 Å². The Hall–Kier alpha value is -1.32. The quantitative estimate of drug-likeness (QED) is 0.220. The normalized spacial score (nSPS) is 11.7. The van der Waals surface area contributed by atoms with Crippen LogP contribution in [0.1, 0.15) is 45.5 Å². The molecule has 0 unspecified atom stereocenters. The molecule has 26 heavy (non-hydrogen) atoms. The lowest BCUT2D eigenvalue weighted by Gasteiger charge is -2.22. The maximum Gasteiger partial charge on any atom is 0.227 e. The molecule has 0 bridgehead atoms. The molecule has 0 atom stereocenters. The standard InChI is InChI=1S/C18H34N6O.HI/c1-7-19-16(25)18(5,6)13-22-17(20-8-2)21-10-9-11-24-15(4)12-14(3)23-24;/h12H,7-11,13H2,1-6H3,(H,19,25)(H2,20,21,22);1H. The highest BCUT2D eigenvalue weighted by atomic mass is 127. The van der Waals surface area contributed by atoms with Crippen LogP contribution in [-0.4, -0.2) is 47.8 Å². The number of guanidine groups is 1. The molecule has 1 aromatic heterocycles. The first-order chi connectivity index (χ1) is 11.8. The lowest BCUT2D eigenvalue weighted by atomic mass is 9.92. The van der Waals surface area contributed by atoms with E-state index in [9.17, 15) is 4.79 Å². The molecule has 7 nitrogen and oxygen atoms in total. The topological polar surface area (TPSA) is 83.3 Å². The molecule has 0 spiro atoms. The molecule has 0 aliphatic carbocycles. The maximum absolute atomic E-state index is 12.1. The number of nitrogens with zero attached hydrogens (tertiary/aromatic N) is 3. The van der Waals surface area contributed by atoms with Crippen LogP contribution in [0, 0.1) is 19.3 Å². The van der Waals surface area contributed by atoms with Gasteiger partial charge in [-0.05, 0) is 54.0 Å². The van der Waals surface area contributed by atoms with E-state index < -0.39 is 5.41 Å². The first kappa shape index (κ1) is 24.7. The Morgan fingerprint density at radius 2 is 1.85 bits per heavy atom. The maximum atomic E-state index is 12.1. The minimum atomic E-state index is -0.526. The Morgan fingerprint density at radius 1 is 1.19 bits per heavy atom. The number of carbonyl (C=O) groups excluding carboxylic acids is 1. The average Bonchev–Trinajstić information content (AvgIpc) is 2.87. The lowest BCUT2D eigenvalue weighted by molar-refractivity contribution is -0.128. The largest absolute Gasteiger partial charge is 0.357 e. The molecule has 150 valence electrons. The second-order valence-electron chi connectivity index (χ2n) is 6.87. The summed E-state index contributed by atoms with van der Waals surface area (Å²) in [6.45, 7) is 15.4. The Kier molecular flexibility index (Phi) is 11.5. The fourth-order valence-corrected chi connectivity index (χ4v) is 2.43. The Labute approximate surface area is 174 Å². The van der Waals surface area contributed by atoms with Crippen LogP contribution in [0.2, 0.25) is 0 Å². The third kappa shape index (κ3) is 8.37. The van der Waals surface area contributed by atoms with Gasteiger partial charge >= 0.3 is 0 Å². The molecule has 0 fully saturated rings. The first-order valence-electron chi connectivity index (χ1n) is 9.11. The van der Waals surface area contributed by atoms with Gasteiger partial charge in [-0.1, -0.05) is 0 Å². The van der Waals surface area contributed by atoms with Gasteiger partial charge in [-0.25, -0.2) is 0 Å². The van der Waals surface area contributed by atoms with Crippen molar-refractivity contribution in [2.75, 3.05) is 26.2 Å². The number of nitrogens with one attached hydrogen (secondary N) is 3. The van der Waals surface area contributed by atoms with Gasteiger partial charge in [0.15, 0.2) is 5.96 Å². The summed E-state index contributed by atoms with van der Waals surface area (Å²) >= 11 is 0. The SMILES string of the molecule is CCNC(=O)C(C)(C)CN=C(NCC)NCCCn1nc(C)cc1C.I. The lowest BCUT2D eigenvalue weighted by Crippen LogP contribution is -2.42. The Balaban J connectivity index is 0.00000625. The summed E-state index contributed by atoms with van der Waals surface area (Å²) in [5.41, 5.74) is 1.71. The van der Waals surface area contributed by atoms with Crippen LogP contribution in [0.4, 0.5) is 0 Å². The van der Waals surface area contributed by atoms with Gasteiger partial charge in [0.2, 0.25) is 5.91 Å². The number of halogens is 1. The van der Waals surface area contributed by atoms with Crippen LogP contribution < -0.4 is 16.0 Å². The number of hydrogen-bond acceptors (Lipinski definition) is 3. The number of aromatic nitrogens is 2. The Bertz CT molecular complexity index is 582. The highest BCUT2D eigenvalue weighted by Gasteiger charge is 2.26. The number of carbonyl (C=O) groups is 1. The van der Waals surface area contributed by atoms with Gasteiger partial charge in [-0.3, -0.25) is 14.5 Å². The van der Waals surface area contributed by atoms with Gasteiger partial charge in [0.05, 0.1) is 17.7 Å². The molecule has 1 rings (SSSR count). The van der Waals surface area contributed by atoms with Crippen molar-refractivity contribution in [1.82, 2.24) is 25.7 Å². The molecular weight excluding hydrogens is 443 g/mol. The van der Waals surface area contributed by atoms with Crippen molar-refractivity contribution in [3.63, 3.8) is 0 Å². The van der Waals surface area contributed by atoms with E-state index in [0.717, 1.165) is 37.7 Å². The summed E-state index contributed by atoms with van der Waals surface area (Å²) in [6.07, 6.45) is 0.950. The summed E-state index contributed by atoms with van der Waals surface area (Å²) in [5, 5.41) is 13.9. The molecule has 0 radical (unpaired) electrons. The zero-order valence-electron chi connectivity index (χ0n) is 17.0. The summed E-state index contributed by atoms with van der Waals surface area (Å²) in [6, 6.07) is 2.09. The van der Waals surface area contributed by atoms with Crippen molar-refractivity contribution in [1.29, 1.82) is 0 Å². The second kappa shape index (κ2) is 12.1. The highest BCUT2D eigenvalue weighted by Crippen LogP contribution is 2.15. The number of aryl methyl sites for hydroxylation is 3. The summed E-state index contributed by atoms with van der Waals surface area (Å²) < 4.78 is 2.03. The van der Waals surface area contributed by atoms with E-state index in [4.69, 9.17) is 0 Å². The Morgan fingerprint density at radius 3 is 2.38 bits per heavy atom. The van der Waals surface area contributed by atoms with Crippen LogP contribution >= 0.6 is 24.0 Å². The second-order valence-corrected chi connectivity index (χ2v) is 6.87. The molecule has 0 saturated carbocycles. The monoisotopic (exact) mass is 478 g/mol. The van der Waals surface area contributed by atoms with Crippen molar-refractivity contribution >= 4 is 35.8 Å². The highest BCUT2D eigenvalue weighted by molar-refractivity contribution is 14.0. The van der Waals surface area contributed by atoms with E-state index in [1.165, 1.54) is 5.69 Å². The van der Waals surface area contributed by atoms with Crippen molar-refractivity contribution in [2.24, 2.45) is 10.4 Å². The predicted molar refractivity (Wildman–Crippen MR) is 118 cm³/mol. The first-order valence-corrected chi connectivity index (χ1v) is 9.11. The fraction of sp³-hybridized carbons (Fsp3) is 0.722. The molecule has 3 N–H and O–H groups in total. The summed E-state index contributed by atoms with van der Waals surface area (Å²) in [5.74, 6) is 0.771. The predicted octanol–water partition coefficient (Wildman–Crippen LogP) is 2.23. The van der Waals surface area contributed by atoms with Crippen LogP contribution in [-0.2, 0) is 11.3 Å². The van der Waals surface area contributed by atoms with Crippen LogP contribution in [0.15, 0.2) is 11.1 Å². The molecular formula is C18H35IN6O. The molecule has 1 amide bonds.